The highest BCUT2D eigenvalue weighted by Crippen LogP contribution is 2.33. The topological polar surface area (TPSA) is 93.5 Å². The van der Waals surface area contributed by atoms with Gasteiger partial charge in [-0.1, -0.05) is 24.6 Å². The number of carbonyl (C=O) groups is 1. The Balaban J connectivity index is 2.59. The summed E-state index contributed by atoms with van der Waals surface area (Å²) < 4.78 is 4.83. The molecule has 0 unspecified atom stereocenters. The Morgan fingerprint density at radius 2 is 2.22 bits per heavy atom. The Kier molecular flexibility index (Phi) is 5.17. The van der Waals surface area contributed by atoms with Gasteiger partial charge in [-0.05, 0) is 30.3 Å². The zero-order chi connectivity index (χ0) is 17.1. The molecule has 0 saturated heterocycles. The van der Waals surface area contributed by atoms with Gasteiger partial charge in [0.15, 0.2) is 5.11 Å². The van der Waals surface area contributed by atoms with E-state index in [4.69, 9.17) is 28.6 Å². The van der Waals surface area contributed by atoms with Crippen LogP contribution in [0, 0.1) is 10.1 Å². The van der Waals surface area contributed by atoms with Crippen molar-refractivity contribution < 1.29 is 14.5 Å². The van der Waals surface area contributed by atoms with Crippen LogP contribution in [0.1, 0.15) is 24.9 Å². The van der Waals surface area contributed by atoms with E-state index in [1.807, 2.05) is 6.92 Å². The molecule has 0 radical (unpaired) electrons. The summed E-state index contributed by atoms with van der Waals surface area (Å²) in [6, 6.07) is 3.70. The summed E-state index contributed by atoms with van der Waals surface area (Å²) in [5, 5.41) is 17.3. The molecular formula is C14H14ClN3O4S. The SMILES string of the molecule is CCC1=C(C(=O)OC)[C@@H](c2ccc(Cl)c([N+](=O)[O-])c2)NC(=S)N1. The normalized spacial score (nSPS) is 17.3. The van der Waals surface area contributed by atoms with Crippen molar-refractivity contribution in [3.8, 4) is 0 Å². The molecule has 2 rings (SSSR count). The Morgan fingerprint density at radius 3 is 2.78 bits per heavy atom. The lowest BCUT2D eigenvalue weighted by Crippen LogP contribution is -2.45. The number of hydrogen-bond donors (Lipinski definition) is 2. The van der Waals surface area contributed by atoms with E-state index in [-0.39, 0.29) is 10.7 Å². The Hall–Kier alpha value is -2.19. The molecule has 0 spiro atoms. The second kappa shape index (κ2) is 6.93. The van der Waals surface area contributed by atoms with Gasteiger partial charge in [-0.2, -0.15) is 0 Å². The number of thiocarbonyl (C=S) groups is 1. The van der Waals surface area contributed by atoms with Gasteiger partial charge in [0.05, 0.1) is 23.6 Å². The number of benzene rings is 1. The molecule has 1 atom stereocenters. The second-order valence-electron chi connectivity index (χ2n) is 4.74. The Bertz CT molecular complexity index is 720. The predicted molar refractivity (Wildman–Crippen MR) is 89.0 cm³/mol. The quantitative estimate of drug-likeness (QED) is 0.371. The molecule has 23 heavy (non-hydrogen) atoms. The molecule has 0 aliphatic carbocycles. The maximum absolute atomic E-state index is 12.1. The minimum atomic E-state index is -0.651. The minimum Gasteiger partial charge on any atom is -0.466 e. The Morgan fingerprint density at radius 1 is 1.52 bits per heavy atom. The van der Waals surface area contributed by atoms with Gasteiger partial charge in [0.25, 0.3) is 5.69 Å². The maximum atomic E-state index is 12.1. The fraction of sp³-hybridized carbons (Fsp3) is 0.286. The van der Waals surface area contributed by atoms with Crippen molar-refractivity contribution in [2.24, 2.45) is 0 Å². The summed E-state index contributed by atoms with van der Waals surface area (Å²) in [6.45, 7) is 1.86. The number of carbonyl (C=O) groups excluding carboxylic acids is 1. The van der Waals surface area contributed by atoms with Crippen molar-refractivity contribution in [1.29, 1.82) is 0 Å². The largest absolute Gasteiger partial charge is 0.466 e. The number of hydrogen-bond acceptors (Lipinski definition) is 5. The highest BCUT2D eigenvalue weighted by molar-refractivity contribution is 7.80. The molecular weight excluding hydrogens is 342 g/mol. The van der Waals surface area contributed by atoms with Gasteiger partial charge in [-0.25, -0.2) is 4.79 Å². The van der Waals surface area contributed by atoms with Crippen molar-refractivity contribution >= 4 is 40.6 Å². The first-order valence-electron chi connectivity index (χ1n) is 6.71. The number of allylic oxidation sites excluding steroid dienone is 1. The van der Waals surface area contributed by atoms with Gasteiger partial charge in [-0.15, -0.1) is 0 Å². The van der Waals surface area contributed by atoms with E-state index >= 15 is 0 Å². The lowest BCUT2D eigenvalue weighted by atomic mass is 9.94. The molecule has 1 aliphatic rings. The summed E-state index contributed by atoms with van der Waals surface area (Å²) in [5.41, 5.74) is 1.21. The highest BCUT2D eigenvalue weighted by Gasteiger charge is 2.32. The van der Waals surface area contributed by atoms with Crippen LogP contribution in [0.4, 0.5) is 5.69 Å². The number of halogens is 1. The maximum Gasteiger partial charge on any atom is 0.337 e. The van der Waals surface area contributed by atoms with Crippen molar-refractivity contribution in [2.45, 2.75) is 19.4 Å². The van der Waals surface area contributed by atoms with E-state index in [0.29, 0.717) is 28.4 Å². The van der Waals surface area contributed by atoms with Crippen molar-refractivity contribution in [1.82, 2.24) is 10.6 Å². The lowest BCUT2D eigenvalue weighted by molar-refractivity contribution is -0.384. The van der Waals surface area contributed by atoms with Gasteiger partial charge in [0.2, 0.25) is 0 Å². The van der Waals surface area contributed by atoms with E-state index < -0.39 is 16.9 Å². The molecule has 1 aliphatic heterocycles. The summed E-state index contributed by atoms with van der Waals surface area (Å²) >= 11 is 11.0. The van der Waals surface area contributed by atoms with Crippen molar-refractivity contribution in [3.05, 3.63) is 50.2 Å². The number of nitrogens with zero attached hydrogens (tertiary/aromatic N) is 1. The third-order valence-corrected chi connectivity index (χ3v) is 3.95. The number of nitro groups is 1. The van der Waals surface area contributed by atoms with Crippen LogP contribution in [0.2, 0.25) is 5.02 Å². The van der Waals surface area contributed by atoms with Crippen molar-refractivity contribution in [3.63, 3.8) is 0 Å². The molecule has 0 fully saturated rings. The molecule has 122 valence electrons. The molecule has 9 heteroatoms. The number of esters is 1. The van der Waals surface area contributed by atoms with E-state index in [2.05, 4.69) is 10.6 Å². The first-order chi connectivity index (χ1) is 10.9. The van der Waals surface area contributed by atoms with E-state index in [9.17, 15) is 14.9 Å². The van der Waals surface area contributed by atoms with E-state index in [1.165, 1.54) is 19.2 Å². The minimum absolute atomic E-state index is 0.0228. The van der Waals surface area contributed by atoms with Gasteiger partial charge < -0.3 is 15.4 Å². The predicted octanol–water partition coefficient (Wildman–Crippen LogP) is 2.60. The van der Waals surface area contributed by atoms with Gasteiger partial charge in [0.1, 0.15) is 5.02 Å². The van der Waals surface area contributed by atoms with Crippen LogP contribution in [-0.4, -0.2) is 23.1 Å². The second-order valence-corrected chi connectivity index (χ2v) is 5.55. The first-order valence-corrected chi connectivity index (χ1v) is 7.50. The highest BCUT2D eigenvalue weighted by atomic mass is 35.5. The summed E-state index contributed by atoms with van der Waals surface area (Å²) in [7, 11) is 1.27. The van der Waals surface area contributed by atoms with Crippen LogP contribution in [0.25, 0.3) is 0 Å². The summed E-state index contributed by atoms with van der Waals surface area (Å²) in [4.78, 5) is 22.6. The third kappa shape index (κ3) is 3.43. The number of ether oxygens (including phenoxy) is 1. The lowest BCUT2D eigenvalue weighted by Gasteiger charge is -2.30. The van der Waals surface area contributed by atoms with Crippen LogP contribution in [0.5, 0.6) is 0 Å². The molecule has 0 aromatic heterocycles. The average Bonchev–Trinajstić information content (AvgIpc) is 2.53. The Labute approximate surface area is 142 Å². The average molecular weight is 356 g/mol. The fourth-order valence-electron chi connectivity index (χ4n) is 2.35. The standard InChI is InChI=1S/C14H14ClN3O4S/c1-3-9-11(13(19)22-2)12(17-14(23)16-9)7-4-5-8(15)10(6-7)18(20)21/h4-6,12H,3H2,1-2H3,(H2,16,17,23)/t12-/m1/s1. The van der Waals surface area contributed by atoms with E-state index in [1.54, 1.807) is 6.07 Å². The smallest absolute Gasteiger partial charge is 0.337 e. The van der Waals surface area contributed by atoms with Crippen LogP contribution < -0.4 is 10.6 Å². The summed E-state index contributed by atoms with van der Waals surface area (Å²) in [6.07, 6.45) is 0.526. The monoisotopic (exact) mass is 355 g/mol. The molecule has 2 N–H and O–H groups in total. The molecule has 1 aromatic carbocycles. The van der Waals surface area contributed by atoms with Crippen LogP contribution in [0.15, 0.2) is 29.5 Å². The third-order valence-electron chi connectivity index (χ3n) is 3.41. The number of rotatable bonds is 4. The van der Waals surface area contributed by atoms with Gasteiger partial charge in [-0.3, -0.25) is 10.1 Å². The zero-order valence-corrected chi connectivity index (χ0v) is 14.0. The molecule has 1 aromatic rings. The number of nitro benzene ring substituents is 1. The number of methoxy groups -OCH3 is 1. The molecule has 7 nitrogen and oxygen atoms in total. The van der Waals surface area contributed by atoms with Crippen molar-refractivity contribution in [2.75, 3.05) is 7.11 Å². The van der Waals surface area contributed by atoms with Gasteiger partial charge in [0, 0.05) is 11.8 Å². The molecule has 0 bridgehead atoms. The molecule has 0 saturated carbocycles. The van der Waals surface area contributed by atoms with Crippen LogP contribution in [-0.2, 0) is 9.53 Å². The molecule has 0 amide bonds. The van der Waals surface area contributed by atoms with E-state index in [0.717, 1.165) is 0 Å². The van der Waals surface area contributed by atoms with Crippen LogP contribution in [0.3, 0.4) is 0 Å². The van der Waals surface area contributed by atoms with Crippen LogP contribution >= 0.6 is 23.8 Å². The van der Waals surface area contributed by atoms with Gasteiger partial charge >= 0.3 is 5.97 Å². The summed E-state index contributed by atoms with van der Waals surface area (Å²) in [5.74, 6) is -0.535. The fourth-order valence-corrected chi connectivity index (χ4v) is 2.77. The number of nitrogens with one attached hydrogen (secondary N) is 2. The molecule has 1 heterocycles. The zero-order valence-electron chi connectivity index (χ0n) is 12.4. The first kappa shape index (κ1) is 17.2.